The first-order valence-electron chi connectivity index (χ1n) is 7.13. The molecule has 1 aliphatic rings. The van der Waals surface area contributed by atoms with Gasteiger partial charge in [0, 0.05) is 24.7 Å². The average molecular weight is 295 g/mol. The Bertz CT molecular complexity index is 572. The van der Waals surface area contributed by atoms with Gasteiger partial charge in [-0.05, 0) is 12.8 Å². The van der Waals surface area contributed by atoms with E-state index in [1.807, 2.05) is 16.0 Å². The van der Waals surface area contributed by atoms with Crippen LogP contribution >= 0.6 is 11.3 Å². The number of methoxy groups -OCH3 is 1. The number of hydrogen-bond acceptors (Lipinski definition) is 5. The van der Waals surface area contributed by atoms with E-state index >= 15 is 0 Å². The zero-order valence-electron chi connectivity index (χ0n) is 11.8. The van der Waals surface area contributed by atoms with Crippen LogP contribution in [0, 0.1) is 0 Å². The third-order valence-corrected chi connectivity index (χ3v) is 4.81. The molecular formula is C14H21N3O2S. The molecule has 0 aromatic carbocycles. The third-order valence-electron chi connectivity index (χ3n) is 4.05. The summed E-state index contributed by atoms with van der Waals surface area (Å²) in [5.74, 6) is 0.667. The summed E-state index contributed by atoms with van der Waals surface area (Å²) in [6, 6.07) is 0. The molecule has 0 amide bonds. The number of nitrogens with zero attached hydrogens (tertiary/aromatic N) is 2. The van der Waals surface area contributed by atoms with E-state index in [1.54, 1.807) is 18.4 Å². The van der Waals surface area contributed by atoms with Gasteiger partial charge in [0.1, 0.15) is 5.69 Å². The molecule has 2 N–H and O–H groups in total. The van der Waals surface area contributed by atoms with Crippen molar-refractivity contribution in [1.29, 1.82) is 0 Å². The van der Waals surface area contributed by atoms with Crippen molar-refractivity contribution >= 4 is 16.3 Å². The molecule has 20 heavy (non-hydrogen) atoms. The number of aromatic nitrogens is 2. The Hall–Kier alpha value is -1.11. The summed E-state index contributed by atoms with van der Waals surface area (Å²) in [6.45, 7) is 1.29. The highest BCUT2D eigenvalue weighted by Crippen LogP contribution is 2.28. The first kappa shape index (κ1) is 13.9. The summed E-state index contributed by atoms with van der Waals surface area (Å²) in [7, 11) is 1.64. The van der Waals surface area contributed by atoms with Gasteiger partial charge in [-0.3, -0.25) is 4.40 Å². The summed E-state index contributed by atoms with van der Waals surface area (Å²) >= 11 is 1.59. The van der Waals surface area contributed by atoms with Gasteiger partial charge in [-0.2, -0.15) is 4.98 Å². The minimum absolute atomic E-state index is 0.538. The molecule has 0 radical (unpaired) electrons. The van der Waals surface area contributed by atoms with Gasteiger partial charge in [0.15, 0.2) is 4.96 Å². The van der Waals surface area contributed by atoms with Crippen molar-refractivity contribution in [3.05, 3.63) is 17.3 Å². The molecule has 3 rings (SSSR count). The maximum atomic E-state index is 10.5. The lowest BCUT2D eigenvalue weighted by Gasteiger charge is -2.32. The Labute approximate surface area is 122 Å². The summed E-state index contributed by atoms with van der Waals surface area (Å²) in [6.07, 6.45) is 7.30. The topological polar surface area (TPSA) is 58.8 Å². The zero-order valence-corrected chi connectivity index (χ0v) is 12.6. The van der Waals surface area contributed by atoms with E-state index in [9.17, 15) is 5.11 Å². The van der Waals surface area contributed by atoms with Crippen LogP contribution in [-0.4, -0.2) is 33.7 Å². The molecule has 2 aromatic heterocycles. The quantitative estimate of drug-likeness (QED) is 0.888. The smallest absolute Gasteiger partial charge is 0.237 e. The van der Waals surface area contributed by atoms with Crippen LogP contribution in [0.15, 0.2) is 11.6 Å². The molecular weight excluding hydrogens is 274 g/mol. The van der Waals surface area contributed by atoms with Crippen LogP contribution in [0.3, 0.4) is 0 Å². The summed E-state index contributed by atoms with van der Waals surface area (Å²) in [5, 5.41) is 15.9. The molecule has 110 valence electrons. The van der Waals surface area contributed by atoms with Crippen molar-refractivity contribution in [2.75, 3.05) is 13.7 Å². The van der Waals surface area contributed by atoms with Crippen LogP contribution in [0.25, 0.3) is 4.96 Å². The lowest BCUT2D eigenvalue weighted by Crippen LogP contribution is -2.42. The second-order valence-corrected chi connectivity index (χ2v) is 6.38. The van der Waals surface area contributed by atoms with Gasteiger partial charge in [0.2, 0.25) is 5.88 Å². The summed E-state index contributed by atoms with van der Waals surface area (Å²) in [4.78, 5) is 5.37. The van der Waals surface area contributed by atoms with Crippen LogP contribution in [0.4, 0.5) is 0 Å². The molecule has 0 bridgehead atoms. The van der Waals surface area contributed by atoms with E-state index < -0.39 is 5.60 Å². The van der Waals surface area contributed by atoms with Crippen LogP contribution in [0.5, 0.6) is 5.88 Å². The highest BCUT2D eigenvalue weighted by molar-refractivity contribution is 7.15. The van der Waals surface area contributed by atoms with Crippen molar-refractivity contribution < 1.29 is 9.84 Å². The molecule has 0 unspecified atom stereocenters. The van der Waals surface area contributed by atoms with E-state index in [0.29, 0.717) is 19.0 Å². The van der Waals surface area contributed by atoms with Gasteiger partial charge >= 0.3 is 0 Å². The molecule has 0 spiro atoms. The van der Waals surface area contributed by atoms with Crippen LogP contribution < -0.4 is 10.1 Å². The largest absolute Gasteiger partial charge is 0.480 e. The van der Waals surface area contributed by atoms with E-state index in [1.165, 1.54) is 6.42 Å². The summed E-state index contributed by atoms with van der Waals surface area (Å²) in [5.41, 5.74) is 0.479. The van der Waals surface area contributed by atoms with Crippen molar-refractivity contribution in [3.63, 3.8) is 0 Å². The molecule has 0 saturated heterocycles. The molecule has 1 aliphatic carbocycles. The molecule has 0 atom stereocenters. The lowest BCUT2D eigenvalue weighted by molar-refractivity contribution is 0.00456. The number of hydrogen-bond donors (Lipinski definition) is 2. The highest BCUT2D eigenvalue weighted by atomic mass is 32.1. The van der Waals surface area contributed by atoms with Crippen molar-refractivity contribution in [2.45, 2.75) is 44.2 Å². The average Bonchev–Trinajstić information content (AvgIpc) is 3.01. The van der Waals surface area contributed by atoms with Gasteiger partial charge in [-0.15, -0.1) is 11.3 Å². The Morgan fingerprint density at radius 3 is 3.00 bits per heavy atom. The van der Waals surface area contributed by atoms with Crippen molar-refractivity contribution in [3.8, 4) is 5.88 Å². The molecule has 6 heteroatoms. The fourth-order valence-electron chi connectivity index (χ4n) is 2.94. The highest BCUT2D eigenvalue weighted by Gasteiger charge is 2.28. The standard InChI is InChI=1S/C14H21N3O2S/c1-19-12-11(17-7-8-20-13(17)16-12)9-15-10-14(18)5-3-2-4-6-14/h7-8,15,18H,2-6,9-10H2,1H3. The molecule has 2 aromatic rings. The molecule has 2 heterocycles. The number of fused-ring (bicyclic) bond motifs is 1. The fraction of sp³-hybridized carbons (Fsp3) is 0.643. The lowest BCUT2D eigenvalue weighted by atomic mass is 9.85. The Kier molecular flexibility index (Phi) is 3.96. The second kappa shape index (κ2) is 5.71. The fourth-order valence-corrected chi connectivity index (χ4v) is 3.66. The number of rotatable bonds is 5. The number of ether oxygens (including phenoxy) is 1. The van der Waals surface area contributed by atoms with Crippen LogP contribution in [0.2, 0.25) is 0 Å². The monoisotopic (exact) mass is 295 g/mol. The number of aliphatic hydroxyl groups is 1. The van der Waals surface area contributed by atoms with Crippen molar-refractivity contribution in [2.24, 2.45) is 0 Å². The van der Waals surface area contributed by atoms with Crippen molar-refractivity contribution in [1.82, 2.24) is 14.7 Å². The molecule has 0 aliphatic heterocycles. The molecule has 5 nitrogen and oxygen atoms in total. The van der Waals surface area contributed by atoms with Gasteiger partial charge in [-0.1, -0.05) is 19.3 Å². The maximum Gasteiger partial charge on any atom is 0.237 e. The summed E-state index contributed by atoms with van der Waals surface area (Å²) < 4.78 is 7.37. The minimum atomic E-state index is -0.538. The van der Waals surface area contributed by atoms with Crippen LogP contribution in [-0.2, 0) is 6.54 Å². The predicted octanol–water partition coefficient (Wildman–Crippen LogP) is 2.19. The van der Waals surface area contributed by atoms with Gasteiger partial charge in [0.25, 0.3) is 0 Å². The first-order chi connectivity index (χ1) is 9.72. The Balaban J connectivity index is 1.65. The number of thiazole rings is 1. The maximum absolute atomic E-state index is 10.5. The van der Waals surface area contributed by atoms with E-state index in [-0.39, 0.29) is 0 Å². The van der Waals surface area contributed by atoms with Gasteiger partial charge in [-0.25, -0.2) is 0 Å². The Morgan fingerprint density at radius 2 is 2.25 bits per heavy atom. The first-order valence-corrected chi connectivity index (χ1v) is 8.01. The predicted molar refractivity (Wildman–Crippen MR) is 79.4 cm³/mol. The van der Waals surface area contributed by atoms with Gasteiger partial charge in [0.05, 0.1) is 12.7 Å². The van der Waals surface area contributed by atoms with Gasteiger partial charge < -0.3 is 15.2 Å². The van der Waals surface area contributed by atoms with E-state index in [2.05, 4.69) is 10.3 Å². The third kappa shape index (κ3) is 2.68. The normalized spacial score (nSPS) is 18.5. The number of imidazole rings is 1. The number of nitrogens with one attached hydrogen (secondary N) is 1. The SMILES string of the molecule is COc1nc2sccn2c1CNCC1(O)CCCCC1. The molecule has 1 saturated carbocycles. The van der Waals surface area contributed by atoms with E-state index in [0.717, 1.165) is 36.3 Å². The minimum Gasteiger partial charge on any atom is -0.480 e. The molecule has 1 fully saturated rings. The van der Waals surface area contributed by atoms with Crippen LogP contribution in [0.1, 0.15) is 37.8 Å². The second-order valence-electron chi connectivity index (χ2n) is 5.51. The van der Waals surface area contributed by atoms with E-state index in [4.69, 9.17) is 4.74 Å². The zero-order chi connectivity index (χ0) is 14.0. The Morgan fingerprint density at radius 1 is 1.45 bits per heavy atom.